The van der Waals surface area contributed by atoms with E-state index >= 15 is 0 Å². The van der Waals surface area contributed by atoms with E-state index in [0.29, 0.717) is 29.7 Å². The zero-order valence-electron chi connectivity index (χ0n) is 18.3. The summed E-state index contributed by atoms with van der Waals surface area (Å²) in [5, 5.41) is 0. The average molecular weight is 494 g/mol. The fourth-order valence-corrected chi connectivity index (χ4v) is 3.94. The lowest BCUT2D eigenvalue weighted by Gasteiger charge is -2.25. The lowest BCUT2D eigenvalue weighted by atomic mass is 10.00. The van der Waals surface area contributed by atoms with Gasteiger partial charge in [-0.15, -0.1) is 0 Å². The predicted octanol–water partition coefficient (Wildman–Crippen LogP) is 6.49. The van der Waals surface area contributed by atoms with Crippen LogP contribution in [0, 0.1) is 0 Å². The van der Waals surface area contributed by atoms with Gasteiger partial charge >= 0.3 is 12.4 Å². The Morgan fingerprint density at radius 1 is 0.914 bits per heavy atom. The Hall–Kier alpha value is -3.56. The van der Waals surface area contributed by atoms with E-state index in [1.807, 2.05) is 30.3 Å². The van der Waals surface area contributed by atoms with E-state index in [4.69, 9.17) is 4.74 Å². The molecule has 1 amide bonds. The third-order valence-corrected chi connectivity index (χ3v) is 5.60. The van der Waals surface area contributed by atoms with Crippen molar-refractivity contribution in [2.75, 3.05) is 6.61 Å². The molecule has 184 valence electrons. The maximum Gasteiger partial charge on any atom is 0.416 e. The third-order valence-electron chi connectivity index (χ3n) is 5.60. The number of amides is 1. The number of halogens is 6. The highest BCUT2D eigenvalue weighted by molar-refractivity contribution is 5.77. The number of pyridine rings is 1. The molecule has 0 saturated heterocycles. The standard InChI is InChI=1S/C25H20F6N2O2/c26-24(27,28)18-11-16(12-19(13-18)25(29,30)31)14-33-15-21-20(17-5-2-1-3-6-17)8-9-32-23(21)35-10-4-7-22(33)34/h1-3,5-6,8-9,11-13H,4,7,10,14-15H2. The van der Waals surface area contributed by atoms with E-state index in [2.05, 4.69) is 4.98 Å². The molecule has 3 aromatic rings. The lowest BCUT2D eigenvalue weighted by molar-refractivity contribution is -0.143. The molecule has 0 N–H and O–H groups in total. The zero-order chi connectivity index (χ0) is 25.2. The molecular weight excluding hydrogens is 474 g/mol. The van der Waals surface area contributed by atoms with Crippen LogP contribution < -0.4 is 4.74 Å². The minimum Gasteiger partial charge on any atom is -0.477 e. The Balaban J connectivity index is 1.76. The van der Waals surface area contributed by atoms with E-state index in [9.17, 15) is 31.1 Å². The molecule has 2 aromatic carbocycles. The molecule has 1 aromatic heterocycles. The highest BCUT2D eigenvalue weighted by Crippen LogP contribution is 2.37. The SMILES string of the molecule is O=C1CCCOc2nccc(-c3ccccc3)c2CN1Cc1cc(C(F)(F)F)cc(C(F)(F)F)c1. The van der Waals surface area contributed by atoms with Gasteiger partial charge in [0.05, 0.1) is 24.3 Å². The number of hydrogen-bond donors (Lipinski definition) is 0. The smallest absolute Gasteiger partial charge is 0.416 e. The van der Waals surface area contributed by atoms with Gasteiger partial charge in [0, 0.05) is 24.7 Å². The molecule has 0 fully saturated rings. The quantitative estimate of drug-likeness (QED) is 0.391. The van der Waals surface area contributed by atoms with Crippen molar-refractivity contribution in [3.05, 3.63) is 83.0 Å². The van der Waals surface area contributed by atoms with Crippen LogP contribution in [0.4, 0.5) is 26.3 Å². The summed E-state index contributed by atoms with van der Waals surface area (Å²) >= 11 is 0. The first-order valence-electron chi connectivity index (χ1n) is 10.7. The molecule has 2 heterocycles. The van der Waals surface area contributed by atoms with Gasteiger partial charge in [-0.1, -0.05) is 30.3 Å². The second-order valence-electron chi connectivity index (χ2n) is 8.12. The number of ether oxygens (including phenoxy) is 1. The molecule has 0 unspecified atom stereocenters. The van der Waals surface area contributed by atoms with Gasteiger partial charge < -0.3 is 9.64 Å². The van der Waals surface area contributed by atoms with Crippen LogP contribution in [0.25, 0.3) is 11.1 Å². The summed E-state index contributed by atoms with van der Waals surface area (Å²) in [4.78, 5) is 18.4. The van der Waals surface area contributed by atoms with E-state index < -0.39 is 35.9 Å². The number of carbonyl (C=O) groups excluding carboxylic acids is 1. The molecule has 35 heavy (non-hydrogen) atoms. The van der Waals surface area contributed by atoms with Crippen molar-refractivity contribution in [1.29, 1.82) is 0 Å². The molecule has 10 heteroatoms. The Morgan fingerprint density at radius 2 is 1.57 bits per heavy atom. The molecule has 0 atom stereocenters. The first kappa shape index (κ1) is 24.6. The van der Waals surface area contributed by atoms with Crippen LogP contribution >= 0.6 is 0 Å². The molecule has 0 saturated carbocycles. The summed E-state index contributed by atoms with van der Waals surface area (Å²) in [6.45, 7) is -0.335. The second kappa shape index (κ2) is 9.59. The molecule has 1 aliphatic heterocycles. The number of nitrogens with zero attached hydrogens (tertiary/aromatic N) is 2. The fourth-order valence-electron chi connectivity index (χ4n) is 3.94. The highest BCUT2D eigenvalue weighted by atomic mass is 19.4. The Bertz CT molecular complexity index is 1180. The van der Waals surface area contributed by atoms with Crippen LogP contribution in [0.5, 0.6) is 5.88 Å². The fraction of sp³-hybridized carbons (Fsp3) is 0.280. The molecular formula is C25H20F6N2O2. The Morgan fingerprint density at radius 3 is 2.20 bits per heavy atom. The van der Waals surface area contributed by atoms with Crippen molar-refractivity contribution >= 4 is 5.91 Å². The van der Waals surface area contributed by atoms with Crippen molar-refractivity contribution in [2.24, 2.45) is 0 Å². The molecule has 1 aliphatic rings. The van der Waals surface area contributed by atoms with Gasteiger partial charge in [-0.3, -0.25) is 4.79 Å². The van der Waals surface area contributed by atoms with Crippen LogP contribution in [0.1, 0.15) is 35.1 Å². The monoisotopic (exact) mass is 494 g/mol. The molecule has 4 nitrogen and oxygen atoms in total. The van der Waals surface area contributed by atoms with E-state index in [0.717, 1.165) is 5.56 Å². The predicted molar refractivity (Wildman–Crippen MR) is 115 cm³/mol. The summed E-state index contributed by atoms with van der Waals surface area (Å²) in [7, 11) is 0. The van der Waals surface area contributed by atoms with E-state index in [1.54, 1.807) is 12.3 Å². The largest absolute Gasteiger partial charge is 0.477 e. The number of fused-ring (bicyclic) bond motifs is 1. The van der Waals surface area contributed by atoms with Gasteiger partial charge in [0.2, 0.25) is 11.8 Å². The van der Waals surface area contributed by atoms with Gasteiger partial charge in [0.25, 0.3) is 0 Å². The Labute approximate surface area is 197 Å². The van der Waals surface area contributed by atoms with Gasteiger partial charge in [0.15, 0.2) is 0 Å². The lowest BCUT2D eigenvalue weighted by Crippen LogP contribution is -2.30. The maximum absolute atomic E-state index is 13.3. The molecule has 0 radical (unpaired) electrons. The summed E-state index contributed by atoms with van der Waals surface area (Å²) < 4.78 is 85.7. The number of carbonyl (C=O) groups is 1. The van der Waals surface area contributed by atoms with Gasteiger partial charge in [-0.2, -0.15) is 26.3 Å². The van der Waals surface area contributed by atoms with Crippen molar-refractivity contribution < 1.29 is 35.9 Å². The number of alkyl halides is 6. The van der Waals surface area contributed by atoms with Crippen LogP contribution in [0.3, 0.4) is 0 Å². The minimum atomic E-state index is -4.97. The number of aromatic nitrogens is 1. The minimum absolute atomic E-state index is 0.0275. The zero-order valence-corrected chi connectivity index (χ0v) is 18.3. The van der Waals surface area contributed by atoms with Crippen molar-refractivity contribution in [3.8, 4) is 17.0 Å². The molecule has 4 rings (SSSR count). The molecule has 0 aliphatic carbocycles. The maximum atomic E-state index is 13.3. The molecule has 0 bridgehead atoms. The van der Waals surface area contributed by atoms with Crippen molar-refractivity contribution in [2.45, 2.75) is 38.3 Å². The summed E-state index contributed by atoms with van der Waals surface area (Å²) in [6, 6.07) is 12.3. The Kier molecular flexibility index (Phi) is 6.73. The van der Waals surface area contributed by atoms with Crippen LogP contribution in [-0.4, -0.2) is 22.4 Å². The summed E-state index contributed by atoms with van der Waals surface area (Å²) in [5.74, 6) is -0.138. The van der Waals surface area contributed by atoms with E-state index in [1.165, 1.54) is 4.90 Å². The molecule has 0 spiro atoms. The first-order valence-corrected chi connectivity index (χ1v) is 10.7. The van der Waals surface area contributed by atoms with Gasteiger partial charge in [0.1, 0.15) is 0 Å². The second-order valence-corrected chi connectivity index (χ2v) is 8.12. The van der Waals surface area contributed by atoms with Gasteiger partial charge in [-0.05, 0) is 47.4 Å². The number of benzene rings is 2. The van der Waals surface area contributed by atoms with E-state index in [-0.39, 0.29) is 37.1 Å². The number of rotatable bonds is 3. The van der Waals surface area contributed by atoms with Crippen LogP contribution in [0.2, 0.25) is 0 Å². The highest BCUT2D eigenvalue weighted by Gasteiger charge is 2.37. The van der Waals surface area contributed by atoms with Crippen molar-refractivity contribution in [3.63, 3.8) is 0 Å². The first-order chi connectivity index (χ1) is 16.5. The average Bonchev–Trinajstić information content (AvgIpc) is 2.88. The van der Waals surface area contributed by atoms with Crippen LogP contribution in [-0.2, 0) is 30.2 Å². The van der Waals surface area contributed by atoms with Crippen LogP contribution in [0.15, 0.2) is 60.8 Å². The topological polar surface area (TPSA) is 42.4 Å². The van der Waals surface area contributed by atoms with Crippen molar-refractivity contribution in [1.82, 2.24) is 9.88 Å². The summed E-state index contributed by atoms with van der Waals surface area (Å²) in [5.41, 5.74) is -1.08. The van der Waals surface area contributed by atoms with Gasteiger partial charge in [-0.25, -0.2) is 4.98 Å². The summed E-state index contributed by atoms with van der Waals surface area (Å²) in [6.07, 6.45) is -8.05. The number of hydrogen-bond acceptors (Lipinski definition) is 3. The normalized spacial score (nSPS) is 15.0. The third kappa shape index (κ3) is 5.75.